The number of amides is 1. The average Bonchev–Trinajstić information content (AvgIpc) is 3.28. The van der Waals surface area contributed by atoms with E-state index in [1.165, 1.54) is 24.0 Å². The van der Waals surface area contributed by atoms with Crippen molar-refractivity contribution in [2.75, 3.05) is 5.32 Å². The van der Waals surface area contributed by atoms with Gasteiger partial charge >= 0.3 is 0 Å². The lowest BCUT2D eigenvalue weighted by atomic mass is 10.1. The number of anilines is 1. The van der Waals surface area contributed by atoms with E-state index in [-0.39, 0.29) is 5.91 Å². The van der Waals surface area contributed by atoms with Crippen LogP contribution in [0.25, 0.3) is 0 Å². The molecule has 2 aromatic carbocycles. The van der Waals surface area contributed by atoms with Gasteiger partial charge in [0.15, 0.2) is 0 Å². The van der Waals surface area contributed by atoms with E-state index in [9.17, 15) is 4.79 Å². The fourth-order valence-electron chi connectivity index (χ4n) is 2.99. The van der Waals surface area contributed by atoms with Crippen molar-refractivity contribution in [3.05, 3.63) is 65.2 Å². The highest BCUT2D eigenvalue weighted by atomic mass is 16.1. The van der Waals surface area contributed by atoms with Gasteiger partial charge < -0.3 is 5.32 Å². The van der Waals surface area contributed by atoms with Crippen molar-refractivity contribution in [1.82, 2.24) is 4.90 Å². The van der Waals surface area contributed by atoms with Crippen LogP contribution in [0.1, 0.15) is 34.3 Å². The van der Waals surface area contributed by atoms with Gasteiger partial charge in [0.2, 0.25) is 0 Å². The fraction of sp³-hybridized carbons (Fsp3) is 0.278. The topological polar surface area (TPSA) is 32.3 Å². The van der Waals surface area contributed by atoms with E-state index >= 15 is 0 Å². The molecule has 1 fully saturated rings. The van der Waals surface area contributed by atoms with Gasteiger partial charge in [-0.25, -0.2) is 0 Å². The average molecular weight is 278 g/mol. The second-order valence-corrected chi connectivity index (χ2v) is 5.94. The van der Waals surface area contributed by atoms with Gasteiger partial charge in [-0.2, -0.15) is 0 Å². The molecule has 0 radical (unpaired) electrons. The molecule has 1 heterocycles. The lowest BCUT2D eigenvalue weighted by Crippen LogP contribution is -2.18. The van der Waals surface area contributed by atoms with Crippen LogP contribution in [-0.4, -0.2) is 16.8 Å². The molecule has 0 unspecified atom stereocenters. The standard InChI is InChI=1S/C18H18N2O/c21-18(13-4-2-1-3-5-13)19-16-7-6-14-11-20(17-8-9-17)12-15(14)10-16/h1-7,10,17H,8-9,11-12H2,(H,19,21). The summed E-state index contributed by atoms with van der Waals surface area (Å²) in [6, 6.07) is 16.4. The molecule has 106 valence electrons. The van der Waals surface area contributed by atoms with Gasteiger partial charge in [0.25, 0.3) is 5.91 Å². The van der Waals surface area contributed by atoms with Gasteiger partial charge in [-0.3, -0.25) is 9.69 Å². The van der Waals surface area contributed by atoms with Crippen LogP contribution in [0.5, 0.6) is 0 Å². The smallest absolute Gasteiger partial charge is 0.255 e. The van der Waals surface area contributed by atoms with Crippen molar-refractivity contribution < 1.29 is 4.79 Å². The zero-order chi connectivity index (χ0) is 14.2. The zero-order valence-electron chi connectivity index (χ0n) is 11.9. The molecule has 0 aromatic heterocycles. The van der Waals surface area contributed by atoms with Crippen LogP contribution in [0.4, 0.5) is 5.69 Å². The number of carbonyl (C=O) groups is 1. The largest absolute Gasteiger partial charge is 0.322 e. The monoisotopic (exact) mass is 278 g/mol. The van der Waals surface area contributed by atoms with Gasteiger partial charge in [0, 0.05) is 30.4 Å². The van der Waals surface area contributed by atoms with E-state index in [0.717, 1.165) is 24.8 Å². The highest BCUT2D eigenvalue weighted by Gasteiger charge is 2.32. The Kier molecular flexibility index (Phi) is 3.00. The summed E-state index contributed by atoms with van der Waals surface area (Å²) in [6.45, 7) is 2.09. The molecule has 2 aromatic rings. The number of carbonyl (C=O) groups excluding carboxylic acids is 1. The molecule has 0 saturated heterocycles. The first kappa shape index (κ1) is 12.6. The number of nitrogens with zero attached hydrogens (tertiary/aromatic N) is 1. The van der Waals surface area contributed by atoms with Gasteiger partial charge in [-0.15, -0.1) is 0 Å². The summed E-state index contributed by atoms with van der Waals surface area (Å²) < 4.78 is 0. The number of fused-ring (bicyclic) bond motifs is 1. The molecule has 2 aliphatic rings. The number of hydrogen-bond acceptors (Lipinski definition) is 2. The third-order valence-electron chi connectivity index (χ3n) is 4.31. The molecule has 1 saturated carbocycles. The maximum absolute atomic E-state index is 12.2. The van der Waals surface area contributed by atoms with Gasteiger partial charge in [0.1, 0.15) is 0 Å². The molecule has 1 aliphatic heterocycles. The number of benzene rings is 2. The molecule has 1 aliphatic carbocycles. The minimum atomic E-state index is -0.0485. The highest BCUT2D eigenvalue weighted by molar-refractivity contribution is 6.04. The predicted molar refractivity (Wildman–Crippen MR) is 83.1 cm³/mol. The van der Waals surface area contributed by atoms with Crippen LogP contribution >= 0.6 is 0 Å². The summed E-state index contributed by atoms with van der Waals surface area (Å²) in [5.74, 6) is -0.0485. The van der Waals surface area contributed by atoms with Gasteiger partial charge in [-0.05, 0) is 48.2 Å². The Morgan fingerprint density at radius 2 is 1.76 bits per heavy atom. The lowest BCUT2D eigenvalue weighted by Gasteiger charge is -2.12. The second kappa shape index (κ2) is 5.01. The molecule has 1 N–H and O–H groups in total. The first-order valence-corrected chi connectivity index (χ1v) is 7.52. The molecule has 0 atom stereocenters. The van der Waals surface area contributed by atoms with E-state index in [1.807, 2.05) is 36.4 Å². The van der Waals surface area contributed by atoms with Crippen LogP contribution in [0.2, 0.25) is 0 Å². The number of hydrogen-bond donors (Lipinski definition) is 1. The molecule has 21 heavy (non-hydrogen) atoms. The number of nitrogens with one attached hydrogen (secondary N) is 1. The van der Waals surface area contributed by atoms with Crippen molar-refractivity contribution in [3.63, 3.8) is 0 Å². The van der Waals surface area contributed by atoms with Crippen molar-refractivity contribution >= 4 is 11.6 Å². The summed E-state index contributed by atoms with van der Waals surface area (Å²) in [7, 11) is 0. The van der Waals surface area contributed by atoms with Crippen LogP contribution in [-0.2, 0) is 13.1 Å². The third-order valence-corrected chi connectivity index (χ3v) is 4.31. The first-order chi connectivity index (χ1) is 10.3. The Labute approximate surface area is 124 Å². The molecule has 3 nitrogen and oxygen atoms in total. The zero-order valence-corrected chi connectivity index (χ0v) is 11.9. The maximum Gasteiger partial charge on any atom is 0.255 e. The van der Waals surface area contributed by atoms with Crippen molar-refractivity contribution in [1.29, 1.82) is 0 Å². The van der Waals surface area contributed by atoms with Crippen molar-refractivity contribution in [2.45, 2.75) is 32.0 Å². The Hall–Kier alpha value is -2.13. The minimum absolute atomic E-state index is 0.0485. The quantitative estimate of drug-likeness (QED) is 0.933. The van der Waals surface area contributed by atoms with Crippen molar-refractivity contribution in [3.8, 4) is 0 Å². The Morgan fingerprint density at radius 3 is 2.52 bits per heavy atom. The Bertz CT molecular complexity index is 677. The molecule has 0 bridgehead atoms. The fourth-order valence-corrected chi connectivity index (χ4v) is 2.99. The lowest BCUT2D eigenvalue weighted by molar-refractivity contribution is 0.102. The second-order valence-electron chi connectivity index (χ2n) is 5.94. The predicted octanol–water partition coefficient (Wildman–Crippen LogP) is 3.42. The van der Waals surface area contributed by atoms with Crippen LogP contribution in [0.15, 0.2) is 48.5 Å². The van der Waals surface area contributed by atoms with Gasteiger partial charge in [0.05, 0.1) is 0 Å². The van der Waals surface area contributed by atoms with E-state index in [2.05, 4.69) is 22.3 Å². The van der Waals surface area contributed by atoms with Crippen LogP contribution < -0.4 is 5.32 Å². The SMILES string of the molecule is O=C(Nc1ccc2c(c1)CN(C1CC1)C2)c1ccccc1. The summed E-state index contributed by atoms with van der Waals surface area (Å²) in [5, 5.41) is 2.99. The third kappa shape index (κ3) is 2.57. The minimum Gasteiger partial charge on any atom is -0.322 e. The molecule has 1 amide bonds. The molecule has 0 spiro atoms. The first-order valence-electron chi connectivity index (χ1n) is 7.52. The summed E-state index contributed by atoms with van der Waals surface area (Å²) >= 11 is 0. The van der Waals surface area contributed by atoms with Crippen LogP contribution in [0.3, 0.4) is 0 Å². The molecule has 4 rings (SSSR count). The normalized spacial score (nSPS) is 17.5. The van der Waals surface area contributed by atoms with E-state index in [4.69, 9.17) is 0 Å². The maximum atomic E-state index is 12.2. The van der Waals surface area contributed by atoms with E-state index < -0.39 is 0 Å². The van der Waals surface area contributed by atoms with E-state index in [0.29, 0.717) is 5.56 Å². The molecular formula is C18H18N2O. The summed E-state index contributed by atoms with van der Waals surface area (Å²) in [6.07, 6.45) is 2.68. The Balaban J connectivity index is 1.50. The van der Waals surface area contributed by atoms with E-state index in [1.54, 1.807) is 0 Å². The highest BCUT2D eigenvalue weighted by Crippen LogP contribution is 2.35. The number of rotatable bonds is 3. The molecular weight excluding hydrogens is 260 g/mol. The van der Waals surface area contributed by atoms with Crippen LogP contribution in [0, 0.1) is 0 Å². The van der Waals surface area contributed by atoms with Gasteiger partial charge in [-0.1, -0.05) is 24.3 Å². The summed E-state index contributed by atoms with van der Waals surface area (Å²) in [4.78, 5) is 14.7. The van der Waals surface area contributed by atoms with Crippen molar-refractivity contribution in [2.24, 2.45) is 0 Å². The Morgan fingerprint density at radius 1 is 1.00 bits per heavy atom. The molecule has 3 heteroatoms. The summed E-state index contributed by atoms with van der Waals surface area (Å²) in [5.41, 5.74) is 4.34.